The summed E-state index contributed by atoms with van der Waals surface area (Å²) in [7, 11) is 2.08. The van der Waals surface area contributed by atoms with Gasteiger partial charge in [0.2, 0.25) is 0 Å². The van der Waals surface area contributed by atoms with Gasteiger partial charge in [-0.05, 0) is 38.3 Å². The quantitative estimate of drug-likeness (QED) is 0.448. The van der Waals surface area contributed by atoms with Gasteiger partial charge in [-0.2, -0.15) is 0 Å². The predicted molar refractivity (Wildman–Crippen MR) is 44.4 cm³/mol. The normalized spacial score (nSPS) is 29.4. The number of carbonyl (C=O) groups excluding carboxylic acids is 1. The molecule has 1 heterocycles. The van der Waals surface area contributed by atoms with E-state index in [9.17, 15) is 9.90 Å². The molecule has 1 fully saturated rings. The molecule has 0 saturated carbocycles. The van der Waals surface area contributed by atoms with E-state index in [1.807, 2.05) is 0 Å². The summed E-state index contributed by atoms with van der Waals surface area (Å²) in [5.74, 6) is -0.0933. The third-order valence-corrected chi connectivity index (χ3v) is 2.71. The molecule has 2 atom stereocenters. The molecule has 2 unspecified atom stereocenters. The zero-order chi connectivity index (χ0) is 9.14. The van der Waals surface area contributed by atoms with E-state index in [4.69, 9.17) is 0 Å². The maximum atomic E-state index is 10.4. The summed E-state index contributed by atoms with van der Waals surface area (Å²) in [6.45, 7) is 4.14. The number of piperidine rings is 1. The van der Waals surface area contributed by atoms with Crippen molar-refractivity contribution in [2.75, 3.05) is 20.1 Å². The molecule has 1 aliphatic rings. The van der Waals surface area contributed by atoms with Gasteiger partial charge in [0.05, 0.1) is 0 Å². The molecular formula is C9H16KNO2. The average molecular weight is 209 g/mol. The Morgan fingerprint density at radius 3 is 2.69 bits per heavy atom. The molecule has 0 spiro atoms. The van der Waals surface area contributed by atoms with Crippen molar-refractivity contribution < 1.29 is 61.3 Å². The molecule has 13 heavy (non-hydrogen) atoms. The smallest absolute Gasteiger partial charge is 0.550 e. The van der Waals surface area contributed by atoms with Gasteiger partial charge in [-0.3, -0.25) is 0 Å². The average Bonchev–Trinajstić information content (AvgIpc) is 1.94. The van der Waals surface area contributed by atoms with Crippen LogP contribution in [0.3, 0.4) is 0 Å². The molecule has 0 aliphatic carbocycles. The number of aliphatic carboxylic acids is 1. The van der Waals surface area contributed by atoms with E-state index in [0.717, 1.165) is 19.5 Å². The number of nitrogens with zero attached hydrogens (tertiary/aromatic N) is 1. The summed E-state index contributed by atoms with van der Waals surface area (Å²) < 4.78 is 0. The second kappa shape index (κ2) is 6.53. The van der Waals surface area contributed by atoms with Crippen molar-refractivity contribution in [1.82, 2.24) is 4.90 Å². The van der Waals surface area contributed by atoms with Crippen molar-refractivity contribution in [3.63, 3.8) is 0 Å². The first-order valence-corrected chi connectivity index (χ1v) is 4.48. The molecule has 1 rings (SSSR count). The van der Waals surface area contributed by atoms with Gasteiger partial charge in [-0.15, -0.1) is 0 Å². The molecule has 0 aromatic rings. The Kier molecular flexibility index (Phi) is 7.07. The van der Waals surface area contributed by atoms with Crippen molar-refractivity contribution in [3.8, 4) is 0 Å². The van der Waals surface area contributed by atoms with E-state index in [1.165, 1.54) is 0 Å². The monoisotopic (exact) mass is 209 g/mol. The van der Waals surface area contributed by atoms with Crippen molar-refractivity contribution in [1.29, 1.82) is 0 Å². The van der Waals surface area contributed by atoms with Crippen molar-refractivity contribution >= 4 is 5.97 Å². The van der Waals surface area contributed by atoms with Crippen LogP contribution in [0.15, 0.2) is 0 Å². The van der Waals surface area contributed by atoms with Crippen LogP contribution in [0.5, 0.6) is 0 Å². The van der Waals surface area contributed by atoms with Crippen LogP contribution >= 0.6 is 0 Å². The number of carboxylic acids is 1. The van der Waals surface area contributed by atoms with Crippen LogP contribution in [0.4, 0.5) is 0 Å². The molecule has 1 aliphatic heterocycles. The maximum Gasteiger partial charge on any atom is 1.00 e. The number of rotatable bonds is 2. The number of likely N-dealkylation sites (tertiary alicyclic amines) is 1. The maximum absolute atomic E-state index is 10.4. The first kappa shape index (κ1) is 14.1. The third kappa shape index (κ3) is 4.90. The van der Waals surface area contributed by atoms with Gasteiger partial charge in [0.15, 0.2) is 0 Å². The summed E-state index contributed by atoms with van der Waals surface area (Å²) in [6.07, 6.45) is 1.22. The molecule has 0 N–H and O–H groups in total. The van der Waals surface area contributed by atoms with E-state index >= 15 is 0 Å². The van der Waals surface area contributed by atoms with Crippen LogP contribution < -0.4 is 56.5 Å². The minimum absolute atomic E-state index is 0. The van der Waals surface area contributed by atoms with Gasteiger partial charge in [-0.1, -0.05) is 6.92 Å². The summed E-state index contributed by atoms with van der Waals surface area (Å²) >= 11 is 0. The Bertz CT molecular complexity index is 175. The zero-order valence-electron chi connectivity index (χ0n) is 8.75. The van der Waals surface area contributed by atoms with Crippen molar-refractivity contribution in [3.05, 3.63) is 0 Å². The van der Waals surface area contributed by atoms with Crippen LogP contribution in [0.1, 0.15) is 19.8 Å². The topological polar surface area (TPSA) is 43.4 Å². The number of carbonyl (C=O) groups is 1. The van der Waals surface area contributed by atoms with Crippen LogP contribution in [-0.2, 0) is 4.79 Å². The van der Waals surface area contributed by atoms with Gasteiger partial charge in [0, 0.05) is 12.5 Å². The van der Waals surface area contributed by atoms with Crippen LogP contribution in [0, 0.1) is 11.8 Å². The largest absolute Gasteiger partial charge is 1.00 e. The SMILES string of the molecule is CC1CN(C)CCC1CC(=O)[O-].[K+]. The third-order valence-electron chi connectivity index (χ3n) is 2.71. The molecule has 4 heteroatoms. The van der Waals surface area contributed by atoms with E-state index in [0.29, 0.717) is 11.8 Å². The first-order chi connectivity index (χ1) is 5.59. The zero-order valence-corrected chi connectivity index (χ0v) is 11.9. The minimum atomic E-state index is -0.906. The van der Waals surface area contributed by atoms with Crippen LogP contribution in [0.2, 0.25) is 0 Å². The molecule has 0 amide bonds. The predicted octanol–water partition coefficient (Wildman–Crippen LogP) is -3.28. The Morgan fingerprint density at radius 1 is 1.62 bits per heavy atom. The fourth-order valence-corrected chi connectivity index (χ4v) is 1.92. The van der Waals surface area contributed by atoms with E-state index in [-0.39, 0.29) is 57.8 Å². The van der Waals surface area contributed by atoms with Gasteiger partial charge < -0.3 is 14.8 Å². The van der Waals surface area contributed by atoms with Gasteiger partial charge in [0.1, 0.15) is 0 Å². The van der Waals surface area contributed by atoms with E-state index in [1.54, 1.807) is 0 Å². The Labute approximate surface area is 122 Å². The first-order valence-electron chi connectivity index (χ1n) is 4.48. The van der Waals surface area contributed by atoms with E-state index < -0.39 is 5.97 Å². The molecular weight excluding hydrogens is 193 g/mol. The Hall–Kier alpha value is 1.07. The molecule has 0 aromatic heterocycles. The second-order valence-corrected chi connectivity index (χ2v) is 3.86. The number of hydrogen-bond acceptors (Lipinski definition) is 3. The van der Waals surface area contributed by atoms with Gasteiger partial charge >= 0.3 is 51.4 Å². The number of carboxylic acid groups (broad SMARTS) is 1. The minimum Gasteiger partial charge on any atom is -0.550 e. The second-order valence-electron chi connectivity index (χ2n) is 3.86. The molecule has 0 bridgehead atoms. The van der Waals surface area contributed by atoms with Crippen molar-refractivity contribution in [2.24, 2.45) is 11.8 Å². The molecule has 0 radical (unpaired) electrons. The molecule has 1 saturated heterocycles. The fourth-order valence-electron chi connectivity index (χ4n) is 1.92. The fraction of sp³-hybridized carbons (Fsp3) is 0.889. The molecule has 70 valence electrons. The Morgan fingerprint density at radius 2 is 2.23 bits per heavy atom. The summed E-state index contributed by atoms with van der Waals surface area (Å²) in [4.78, 5) is 12.6. The van der Waals surface area contributed by atoms with Gasteiger partial charge in [0.25, 0.3) is 0 Å². The van der Waals surface area contributed by atoms with Gasteiger partial charge in [-0.25, -0.2) is 0 Å². The Balaban J connectivity index is 0.00000144. The molecule has 3 nitrogen and oxygen atoms in total. The van der Waals surface area contributed by atoms with Crippen LogP contribution in [0.25, 0.3) is 0 Å². The van der Waals surface area contributed by atoms with E-state index in [2.05, 4.69) is 18.9 Å². The van der Waals surface area contributed by atoms with Crippen LogP contribution in [-0.4, -0.2) is 31.0 Å². The summed E-state index contributed by atoms with van der Waals surface area (Å²) in [5.41, 5.74) is 0. The van der Waals surface area contributed by atoms with Crippen molar-refractivity contribution in [2.45, 2.75) is 19.8 Å². The standard InChI is InChI=1S/C9H17NO2.K/c1-7-6-10(2)4-3-8(7)5-9(11)12;/h7-8H,3-6H2,1-2H3,(H,11,12);/q;+1/p-1. The number of hydrogen-bond donors (Lipinski definition) is 0. The summed E-state index contributed by atoms with van der Waals surface area (Å²) in [5, 5.41) is 10.4. The summed E-state index contributed by atoms with van der Waals surface area (Å²) in [6, 6.07) is 0. The molecule has 0 aromatic carbocycles.